The van der Waals surface area contributed by atoms with Gasteiger partial charge in [-0.15, -0.1) is 0 Å². The highest BCUT2D eigenvalue weighted by Crippen LogP contribution is 2.14. The second-order valence-electron chi connectivity index (χ2n) is 3.74. The van der Waals surface area contributed by atoms with E-state index in [-0.39, 0.29) is 5.91 Å². The van der Waals surface area contributed by atoms with Crippen molar-refractivity contribution in [3.63, 3.8) is 0 Å². The van der Waals surface area contributed by atoms with Gasteiger partial charge in [0.2, 0.25) is 0 Å². The largest absolute Gasteiger partial charge is 0.301 e. The highest BCUT2D eigenvalue weighted by molar-refractivity contribution is 8.14. The fraction of sp³-hybridized carbons (Fsp3) is 0.333. The molecule has 0 aliphatic carbocycles. The fourth-order valence-corrected chi connectivity index (χ4v) is 2.30. The van der Waals surface area contributed by atoms with E-state index in [2.05, 4.69) is 10.3 Å². The van der Waals surface area contributed by atoms with Gasteiger partial charge in [-0.25, -0.2) is 0 Å². The maximum atomic E-state index is 12.0. The van der Waals surface area contributed by atoms with Crippen LogP contribution in [0, 0.1) is 13.8 Å². The second-order valence-corrected chi connectivity index (χ2v) is 4.82. The SMILES string of the molecule is Cc1cccc(C(=O)NC2=NCCS2)c1C. The zero-order valence-electron chi connectivity index (χ0n) is 9.41. The summed E-state index contributed by atoms with van der Waals surface area (Å²) in [6, 6.07) is 5.76. The molecular weight excluding hydrogens is 220 g/mol. The van der Waals surface area contributed by atoms with Crippen molar-refractivity contribution in [2.75, 3.05) is 12.3 Å². The lowest BCUT2D eigenvalue weighted by molar-refractivity contribution is 0.0977. The van der Waals surface area contributed by atoms with Crippen LogP contribution in [0.1, 0.15) is 21.5 Å². The first-order chi connectivity index (χ1) is 7.68. The highest BCUT2D eigenvalue weighted by atomic mass is 32.2. The Kier molecular flexibility index (Phi) is 3.29. The van der Waals surface area contributed by atoms with Crippen LogP contribution in [-0.2, 0) is 0 Å². The van der Waals surface area contributed by atoms with Crippen molar-refractivity contribution in [1.29, 1.82) is 0 Å². The van der Waals surface area contributed by atoms with Crippen LogP contribution >= 0.6 is 11.8 Å². The van der Waals surface area contributed by atoms with Crippen LogP contribution in [-0.4, -0.2) is 23.4 Å². The average molecular weight is 234 g/mol. The first kappa shape index (κ1) is 11.2. The van der Waals surface area contributed by atoms with Crippen LogP contribution in [0.5, 0.6) is 0 Å². The van der Waals surface area contributed by atoms with Gasteiger partial charge in [0, 0.05) is 11.3 Å². The number of amides is 1. The molecule has 0 saturated carbocycles. The Morgan fingerprint density at radius 2 is 2.25 bits per heavy atom. The van der Waals surface area contributed by atoms with Crippen molar-refractivity contribution in [1.82, 2.24) is 5.32 Å². The summed E-state index contributed by atoms with van der Waals surface area (Å²) in [5.41, 5.74) is 2.90. The average Bonchev–Trinajstić information content (AvgIpc) is 2.74. The topological polar surface area (TPSA) is 41.5 Å². The molecule has 1 aromatic rings. The van der Waals surface area contributed by atoms with Crippen LogP contribution in [0.3, 0.4) is 0 Å². The number of hydrogen-bond donors (Lipinski definition) is 1. The van der Waals surface area contributed by atoms with Gasteiger partial charge >= 0.3 is 0 Å². The third-order valence-electron chi connectivity index (χ3n) is 2.66. The smallest absolute Gasteiger partial charge is 0.257 e. The minimum atomic E-state index is -0.0608. The molecule has 1 N–H and O–H groups in total. The van der Waals surface area contributed by atoms with Gasteiger partial charge in [-0.2, -0.15) is 0 Å². The zero-order valence-corrected chi connectivity index (χ0v) is 10.2. The van der Waals surface area contributed by atoms with Crippen molar-refractivity contribution >= 4 is 22.8 Å². The molecule has 1 heterocycles. The summed E-state index contributed by atoms with van der Waals surface area (Å²) in [6.45, 7) is 4.77. The summed E-state index contributed by atoms with van der Waals surface area (Å²) >= 11 is 1.59. The van der Waals surface area contributed by atoms with E-state index in [1.165, 1.54) is 0 Å². The molecule has 0 spiro atoms. The third kappa shape index (κ3) is 2.27. The summed E-state index contributed by atoms with van der Waals surface area (Å²) in [4.78, 5) is 16.2. The number of carbonyl (C=O) groups is 1. The maximum Gasteiger partial charge on any atom is 0.257 e. The number of aryl methyl sites for hydroxylation is 1. The summed E-state index contributed by atoms with van der Waals surface area (Å²) < 4.78 is 0. The molecule has 0 saturated heterocycles. The van der Waals surface area contributed by atoms with E-state index >= 15 is 0 Å². The fourth-order valence-electron chi connectivity index (χ4n) is 1.57. The number of rotatable bonds is 1. The second kappa shape index (κ2) is 4.70. The van der Waals surface area contributed by atoms with Crippen LogP contribution in [0.2, 0.25) is 0 Å². The van der Waals surface area contributed by atoms with Crippen molar-refractivity contribution in [2.24, 2.45) is 4.99 Å². The van der Waals surface area contributed by atoms with Gasteiger partial charge in [-0.1, -0.05) is 23.9 Å². The number of amidine groups is 1. The molecule has 16 heavy (non-hydrogen) atoms. The van der Waals surface area contributed by atoms with Crippen molar-refractivity contribution in [3.05, 3.63) is 34.9 Å². The lowest BCUT2D eigenvalue weighted by atomic mass is 10.0. The quantitative estimate of drug-likeness (QED) is 0.808. The van der Waals surface area contributed by atoms with E-state index in [1.807, 2.05) is 32.0 Å². The highest BCUT2D eigenvalue weighted by Gasteiger charge is 2.14. The van der Waals surface area contributed by atoms with Crippen molar-refractivity contribution in [3.8, 4) is 0 Å². The van der Waals surface area contributed by atoms with Crippen LogP contribution < -0.4 is 5.32 Å². The first-order valence-electron chi connectivity index (χ1n) is 5.23. The molecule has 4 heteroatoms. The molecule has 1 aromatic carbocycles. The van der Waals surface area contributed by atoms with Crippen molar-refractivity contribution in [2.45, 2.75) is 13.8 Å². The molecule has 0 radical (unpaired) electrons. The van der Waals surface area contributed by atoms with E-state index < -0.39 is 0 Å². The Hall–Kier alpha value is -1.29. The Bertz CT molecular complexity index is 454. The van der Waals surface area contributed by atoms with Gasteiger partial charge in [-0.05, 0) is 31.0 Å². The number of benzene rings is 1. The Morgan fingerprint density at radius 1 is 1.44 bits per heavy atom. The number of nitrogens with one attached hydrogen (secondary N) is 1. The number of carbonyl (C=O) groups excluding carboxylic acids is 1. The Labute approximate surface area is 99.3 Å². The Balaban J connectivity index is 2.17. The van der Waals surface area contributed by atoms with Gasteiger partial charge in [0.15, 0.2) is 5.17 Å². The molecule has 1 amide bonds. The summed E-state index contributed by atoms with van der Waals surface area (Å²) in [5, 5.41) is 3.58. The molecular formula is C12H14N2OS. The van der Waals surface area contributed by atoms with Gasteiger partial charge in [0.25, 0.3) is 5.91 Å². The van der Waals surface area contributed by atoms with Gasteiger partial charge in [-0.3, -0.25) is 9.79 Å². The lowest BCUT2D eigenvalue weighted by Gasteiger charge is -2.08. The molecule has 3 nitrogen and oxygen atoms in total. The minimum Gasteiger partial charge on any atom is -0.301 e. The third-order valence-corrected chi connectivity index (χ3v) is 3.55. The van der Waals surface area contributed by atoms with E-state index in [9.17, 15) is 4.79 Å². The molecule has 0 unspecified atom stereocenters. The molecule has 1 aliphatic rings. The molecule has 1 aliphatic heterocycles. The van der Waals surface area contributed by atoms with Crippen LogP contribution in [0.25, 0.3) is 0 Å². The number of thioether (sulfide) groups is 1. The number of aliphatic imine (C=N–C) groups is 1. The number of hydrogen-bond acceptors (Lipinski definition) is 3. The number of nitrogens with zero attached hydrogens (tertiary/aromatic N) is 1. The summed E-state index contributed by atoms with van der Waals surface area (Å²) in [6.07, 6.45) is 0. The molecule has 84 valence electrons. The van der Waals surface area contributed by atoms with E-state index in [0.29, 0.717) is 0 Å². The maximum absolute atomic E-state index is 12.0. The standard InChI is InChI=1S/C12H14N2OS/c1-8-4-3-5-10(9(8)2)11(15)14-12-13-6-7-16-12/h3-5H,6-7H2,1-2H3,(H,13,14,15). The van der Waals surface area contributed by atoms with Crippen LogP contribution in [0.15, 0.2) is 23.2 Å². The molecule has 0 bridgehead atoms. The van der Waals surface area contributed by atoms with E-state index in [0.717, 1.165) is 34.2 Å². The first-order valence-corrected chi connectivity index (χ1v) is 6.22. The summed E-state index contributed by atoms with van der Waals surface area (Å²) in [7, 11) is 0. The van der Waals surface area contributed by atoms with E-state index in [1.54, 1.807) is 11.8 Å². The van der Waals surface area contributed by atoms with Gasteiger partial charge in [0.1, 0.15) is 0 Å². The predicted molar refractivity (Wildman–Crippen MR) is 68.1 cm³/mol. The molecule has 2 rings (SSSR count). The van der Waals surface area contributed by atoms with Gasteiger partial charge < -0.3 is 5.32 Å². The molecule has 0 atom stereocenters. The molecule has 0 aromatic heterocycles. The Morgan fingerprint density at radius 3 is 2.94 bits per heavy atom. The monoisotopic (exact) mass is 234 g/mol. The predicted octanol–water partition coefficient (Wildman–Crippen LogP) is 2.14. The zero-order chi connectivity index (χ0) is 11.5. The van der Waals surface area contributed by atoms with Gasteiger partial charge in [0.05, 0.1) is 6.54 Å². The van der Waals surface area contributed by atoms with Crippen LogP contribution in [0.4, 0.5) is 0 Å². The van der Waals surface area contributed by atoms with Crippen molar-refractivity contribution < 1.29 is 4.79 Å². The molecule has 0 fully saturated rings. The van der Waals surface area contributed by atoms with E-state index in [4.69, 9.17) is 0 Å². The minimum absolute atomic E-state index is 0.0608. The normalized spacial score (nSPS) is 14.8. The summed E-state index contributed by atoms with van der Waals surface area (Å²) in [5.74, 6) is 0.900. The lowest BCUT2D eigenvalue weighted by Crippen LogP contribution is -2.28.